The summed E-state index contributed by atoms with van der Waals surface area (Å²) in [5, 5.41) is 13.6. The van der Waals surface area contributed by atoms with Gasteiger partial charge in [-0.1, -0.05) is 30.7 Å². The lowest BCUT2D eigenvalue weighted by Crippen LogP contribution is -2.55. The zero-order chi connectivity index (χ0) is 25.6. The van der Waals surface area contributed by atoms with E-state index >= 15 is 0 Å². The van der Waals surface area contributed by atoms with Crippen molar-refractivity contribution in [1.82, 2.24) is 9.88 Å². The molecule has 2 N–H and O–H groups in total. The smallest absolute Gasteiger partial charge is 0.325 e. The molecule has 4 heterocycles. The number of anilines is 1. The van der Waals surface area contributed by atoms with Crippen LogP contribution in [-0.4, -0.2) is 66.5 Å². The number of hydrogen-bond donors (Lipinski definition) is 2. The fraction of sp³-hybridized carbons (Fsp3) is 0.600. The number of pyridine rings is 1. The van der Waals surface area contributed by atoms with Crippen molar-refractivity contribution >= 4 is 11.8 Å². The monoisotopic (exact) mass is 507 g/mol. The Morgan fingerprint density at radius 2 is 2.03 bits per heavy atom. The van der Waals surface area contributed by atoms with E-state index in [4.69, 9.17) is 14.5 Å². The molecule has 0 bridgehead atoms. The Morgan fingerprint density at radius 3 is 2.84 bits per heavy atom. The van der Waals surface area contributed by atoms with Crippen molar-refractivity contribution < 1.29 is 19.4 Å². The molecule has 1 aromatic heterocycles. The predicted molar refractivity (Wildman–Crippen MR) is 144 cm³/mol. The molecule has 1 aromatic carbocycles. The van der Waals surface area contributed by atoms with Crippen LogP contribution in [0.1, 0.15) is 78.4 Å². The first kappa shape index (κ1) is 26.1. The standard InChI is InChI=1S/C30H41N3O4/c1-21-7-5-10-26(27(21)22-13-17-36-18-14-22)28(30(34)35)33-19-25(20-33)37-16-4-2-3-9-24-12-11-23-8-6-15-31-29(23)32-24/h5,7,10-12,22,25,28H,2-4,6,8-9,13-20H2,1H3,(H,31,32)(H,34,35). The second kappa shape index (κ2) is 12.4. The molecule has 0 spiro atoms. The highest BCUT2D eigenvalue weighted by Crippen LogP contribution is 2.38. The molecule has 1 unspecified atom stereocenters. The highest BCUT2D eigenvalue weighted by atomic mass is 16.5. The lowest BCUT2D eigenvalue weighted by molar-refractivity contribution is -0.151. The van der Waals surface area contributed by atoms with Crippen LogP contribution in [0.3, 0.4) is 0 Å². The van der Waals surface area contributed by atoms with E-state index in [0.29, 0.717) is 19.0 Å². The van der Waals surface area contributed by atoms with E-state index in [2.05, 4.69) is 35.3 Å². The number of aromatic nitrogens is 1. The molecule has 0 radical (unpaired) electrons. The summed E-state index contributed by atoms with van der Waals surface area (Å²) >= 11 is 0. The highest BCUT2D eigenvalue weighted by Gasteiger charge is 2.39. The molecule has 3 aliphatic rings. The van der Waals surface area contributed by atoms with Crippen LogP contribution in [0.4, 0.5) is 5.82 Å². The van der Waals surface area contributed by atoms with E-state index in [1.165, 1.54) is 28.8 Å². The number of fused-ring (bicyclic) bond motifs is 1. The molecular weight excluding hydrogens is 466 g/mol. The van der Waals surface area contributed by atoms with Gasteiger partial charge in [0.25, 0.3) is 0 Å². The zero-order valence-corrected chi connectivity index (χ0v) is 22.1. The van der Waals surface area contributed by atoms with E-state index in [1.807, 2.05) is 12.1 Å². The molecule has 3 aliphatic heterocycles. The van der Waals surface area contributed by atoms with Crippen LogP contribution in [0, 0.1) is 6.92 Å². The molecular formula is C30H41N3O4. The molecule has 7 nitrogen and oxygen atoms in total. The number of unbranched alkanes of at least 4 members (excludes halogenated alkanes) is 2. The molecule has 0 aliphatic carbocycles. The second-order valence-electron chi connectivity index (χ2n) is 10.8. The van der Waals surface area contributed by atoms with Crippen molar-refractivity contribution in [2.75, 3.05) is 44.8 Å². The normalized spacial score (nSPS) is 19.6. The largest absolute Gasteiger partial charge is 0.480 e. The summed E-state index contributed by atoms with van der Waals surface area (Å²) in [5.74, 6) is 0.670. The molecule has 2 saturated heterocycles. The van der Waals surface area contributed by atoms with Crippen molar-refractivity contribution in [2.45, 2.75) is 76.4 Å². The maximum absolute atomic E-state index is 12.4. The van der Waals surface area contributed by atoms with Gasteiger partial charge in [0.15, 0.2) is 0 Å². The van der Waals surface area contributed by atoms with Gasteiger partial charge in [-0.2, -0.15) is 0 Å². The first-order valence-corrected chi connectivity index (χ1v) is 14.1. The lowest BCUT2D eigenvalue weighted by Gasteiger charge is -2.43. The number of rotatable bonds is 11. The summed E-state index contributed by atoms with van der Waals surface area (Å²) in [6.45, 7) is 6.69. The number of aryl methyl sites for hydroxylation is 3. The third-order valence-corrected chi connectivity index (χ3v) is 8.14. The minimum atomic E-state index is -0.775. The van der Waals surface area contributed by atoms with Crippen molar-refractivity contribution in [3.05, 3.63) is 58.3 Å². The molecule has 1 atom stereocenters. The summed E-state index contributed by atoms with van der Waals surface area (Å²) in [4.78, 5) is 19.2. The molecule has 5 rings (SSSR count). The molecule has 7 heteroatoms. The fourth-order valence-electron chi connectivity index (χ4n) is 6.10. The summed E-state index contributed by atoms with van der Waals surface area (Å²) in [7, 11) is 0. The average molecular weight is 508 g/mol. The van der Waals surface area contributed by atoms with E-state index in [-0.39, 0.29) is 6.10 Å². The zero-order valence-electron chi connectivity index (χ0n) is 22.1. The number of hydrogen-bond acceptors (Lipinski definition) is 6. The van der Waals surface area contributed by atoms with E-state index in [0.717, 1.165) is 82.7 Å². The van der Waals surface area contributed by atoms with Crippen LogP contribution in [0.15, 0.2) is 30.3 Å². The Balaban J connectivity index is 1.06. The highest BCUT2D eigenvalue weighted by molar-refractivity contribution is 5.76. The van der Waals surface area contributed by atoms with Gasteiger partial charge >= 0.3 is 5.97 Å². The molecule has 37 heavy (non-hydrogen) atoms. The van der Waals surface area contributed by atoms with Gasteiger partial charge in [-0.25, -0.2) is 4.98 Å². The van der Waals surface area contributed by atoms with Gasteiger partial charge in [-0.3, -0.25) is 9.69 Å². The average Bonchev–Trinajstić information content (AvgIpc) is 2.89. The van der Waals surface area contributed by atoms with Crippen LogP contribution in [0.5, 0.6) is 0 Å². The Morgan fingerprint density at radius 1 is 1.19 bits per heavy atom. The van der Waals surface area contributed by atoms with Crippen molar-refractivity contribution in [2.24, 2.45) is 0 Å². The Labute approximate surface area is 220 Å². The third kappa shape index (κ3) is 6.33. The van der Waals surface area contributed by atoms with Crippen LogP contribution >= 0.6 is 0 Å². The van der Waals surface area contributed by atoms with Gasteiger partial charge in [-0.05, 0) is 86.1 Å². The van der Waals surface area contributed by atoms with Crippen molar-refractivity contribution in [3.8, 4) is 0 Å². The van der Waals surface area contributed by atoms with Gasteiger partial charge in [-0.15, -0.1) is 0 Å². The number of ether oxygens (including phenoxy) is 2. The Hall–Kier alpha value is -2.48. The number of aliphatic carboxylic acids is 1. The minimum Gasteiger partial charge on any atom is -0.480 e. The number of benzene rings is 1. The maximum atomic E-state index is 12.4. The third-order valence-electron chi connectivity index (χ3n) is 8.14. The van der Waals surface area contributed by atoms with Gasteiger partial charge in [0.1, 0.15) is 11.9 Å². The summed E-state index contributed by atoms with van der Waals surface area (Å²) < 4.78 is 11.7. The Kier molecular flexibility index (Phi) is 8.74. The molecule has 0 saturated carbocycles. The fourth-order valence-corrected chi connectivity index (χ4v) is 6.10. The number of nitrogens with one attached hydrogen (secondary N) is 1. The summed E-state index contributed by atoms with van der Waals surface area (Å²) in [5.41, 5.74) is 5.85. The number of carboxylic acid groups (broad SMARTS) is 1. The topological polar surface area (TPSA) is 83.9 Å². The molecule has 2 aromatic rings. The number of carboxylic acids is 1. The van der Waals surface area contributed by atoms with Crippen molar-refractivity contribution in [1.29, 1.82) is 0 Å². The van der Waals surface area contributed by atoms with Gasteiger partial charge in [0.05, 0.1) is 6.10 Å². The van der Waals surface area contributed by atoms with Crippen LogP contribution < -0.4 is 5.32 Å². The van der Waals surface area contributed by atoms with Crippen LogP contribution in [0.2, 0.25) is 0 Å². The van der Waals surface area contributed by atoms with Crippen LogP contribution in [0.25, 0.3) is 0 Å². The van der Waals surface area contributed by atoms with Gasteiger partial charge in [0.2, 0.25) is 0 Å². The first-order valence-electron chi connectivity index (χ1n) is 14.1. The minimum absolute atomic E-state index is 0.117. The quantitative estimate of drug-likeness (QED) is 0.419. The Bertz CT molecular complexity index is 1060. The molecule has 200 valence electrons. The van der Waals surface area contributed by atoms with E-state index < -0.39 is 12.0 Å². The number of likely N-dealkylation sites (tertiary alicyclic amines) is 1. The van der Waals surface area contributed by atoms with E-state index in [9.17, 15) is 9.90 Å². The maximum Gasteiger partial charge on any atom is 0.325 e. The summed E-state index contributed by atoms with van der Waals surface area (Å²) in [6.07, 6.45) is 8.57. The predicted octanol–water partition coefficient (Wildman–Crippen LogP) is 4.88. The number of carbonyl (C=O) groups is 1. The van der Waals surface area contributed by atoms with Crippen LogP contribution in [-0.2, 0) is 27.1 Å². The number of nitrogens with zero attached hydrogens (tertiary/aromatic N) is 2. The van der Waals surface area contributed by atoms with Gasteiger partial charge in [0, 0.05) is 45.1 Å². The first-order chi connectivity index (χ1) is 18.1. The second-order valence-corrected chi connectivity index (χ2v) is 10.8. The molecule has 0 amide bonds. The van der Waals surface area contributed by atoms with E-state index in [1.54, 1.807) is 0 Å². The SMILES string of the molecule is Cc1cccc(C(C(=O)O)N2CC(OCCCCCc3ccc4c(n3)NCCC4)C2)c1C1CCOCC1. The molecule has 2 fully saturated rings. The lowest BCUT2D eigenvalue weighted by atomic mass is 9.82. The van der Waals surface area contributed by atoms with Gasteiger partial charge < -0.3 is 19.9 Å². The van der Waals surface area contributed by atoms with Crippen molar-refractivity contribution in [3.63, 3.8) is 0 Å². The summed E-state index contributed by atoms with van der Waals surface area (Å²) in [6, 6.07) is 9.89.